The predicted molar refractivity (Wildman–Crippen MR) is 112 cm³/mol. The van der Waals surface area contributed by atoms with E-state index in [9.17, 15) is 4.79 Å². The highest BCUT2D eigenvalue weighted by Gasteiger charge is 2.36. The van der Waals surface area contributed by atoms with E-state index in [1.807, 2.05) is 0 Å². The molecule has 2 bridgehead atoms. The number of likely N-dealkylation sites (N-methyl/N-ethyl adjacent to an activating group) is 1. The molecule has 4 saturated heterocycles. The van der Waals surface area contributed by atoms with Crippen LogP contribution in [0.2, 0.25) is 0 Å². The van der Waals surface area contributed by atoms with Crippen LogP contribution in [0.1, 0.15) is 46.6 Å². The number of aromatic nitrogens is 1. The molecule has 5 heterocycles. The van der Waals surface area contributed by atoms with Crippen molar-refractivity contribution in [2.45, 2.75) is 44.2 Å². The van der Waals surface area contributed by atoms with E-state index in [1.165, 1.54) is 54.5 Å². The minimum atomic E-state index is 0.0435. The van der Waals surface area contributed by atoms with Gasteiger partial charge in [0.1, 0.15) is 5.69 Å². The van der Waals surface area contributed by atoms with Crippen molar-refractivity contribution in [1.82, 2.24) is 24.4 Å². The molecule has 4 aliphatic heterocycles. The van der Waals surface area contributed by atoms with Crippen molar-refractivity contribution >= 4 is 23.5 Å². The summed E-state index contributed by atoms with van der Waals surface area (Å²) in [4.78, 5) is 21.5. The second-order valence-electron chi connectivity index (χ2n) is 9.08. The average Bonchev–Trinajstić information content (AvgIpc) is 3.36. The number of carbonyl (C=O) groups excluding carboxylic acids is 1. The Labute approximate surface area is 171 Å². The minimum absolute atomic E-state index is 0.0435. The lowest BCUT2D eigenvalue weighted by molar-refractivity contribution is 0.0618. The fraction of sp³-hybridized carbons (Fsp3) is 0.714. The Balaban J connectivity index is 1.28. The molecule has 0 spiro atoms. The van der Waals surface area contributed by atoms with Gasteiger partial charge in [-0.3, -0.25) is 4.79 Å². The van der Waals surface area contributed by atoms with Crippen LogP contribution in [0.3, 0.4) is 0 Å². The van der Waals surface area contributed by atoms with Crippen LogP contribution in [-0.2, 0) is 6.42 Å². The number of likely N-dealkylation sites (tertiary alicyclic amines) is 1. The monoisotopic (exact) mass is 401 g/mol. The normalized spacial score (nSPS) is 31.8. The smallest absolute Gasteiger partial charge is 0.271 e. The van der Waals surface area contributed by atoms with Gasteiger partial charge in [0.05, 0.1) is 4.88 Å². The van der Waals surface area contributed by atoms with Gasteiger partial charge in [-0.25, -0.2) is 0 Å². The summed E-state index contributed by atoms with van der Waals surface area (Å²) >= 11 is 1.49. The summed E-state index contributed by atoms with van der Waals surface area (Å²) in [6.07, 6.45) is 7.91. The molecule has 2 atom stereocenters. The first-order valence-corrected chi connectivity index (χ1v) is 11.5. The van der Waals surface area contributed by atoms with Crippen molar-refractivity contribution in [2.24, 2.45) is 5.92 Å². The Morgan fingerprint density at radius 3 is 2.68 bits per heavy atom. The van der Waals surface area contributed by atoms with E-state index in [0.29, 0.717) is 23.7 Å². The lowest BCUT2D eigenvalue weighted by Gasteiger charge is -2.44. The Kier molecular flexibility index (Phi) is 4.93. The lowest BCUT2D eigenvalue weighted by atomic mass is 9.84. The molecule has 0 unspecified atom stereocenters. The van der Waals surface area contributed by atoms with Crippen LogP contribution in [0.4, 0.5) is 0 Å². The number of carbonyl (C=O) groups is 1. The number of rotatable bonds is 4. The molecule has 1 amide bonds. The molecule has 0 radical (unpaired) electrons. The van der Waals surface area contributed by atoms with Gasteiger partial charge in [0, 0.05) is 43.0 Å². The van der Waals surface area contributed by atoms with Gasteiger partial charge in [0.25, 0.3) is 5.91 Å². The molecule has 4 fully saturated rings. The van der Waals surface area contributed by atoms with Gasteiger partial charge in [-0.1, -0.05) is 0 Å². The topological polar surface area (TPSA) is 51.7 Å². The van der Waals surface area contributed by atoms with E-state index < -0.39 is 0 Å². The third-order valence-corrected chi connectivity index (χ3v) is 8.07. The molecule has 1 aromatic heterocycles. The van der Waals surface area contributed by atoms with Gasteiger partial charge < -0.3 is 20.0 Å². The number of hydrogen-bond donors (Lipinski definition) is 1. The number of fused-ring (bicyclic) bond motifs is 4. The first-order valence-electron chi connectivity index (χ1n) is 10.7. The second kappa shape index (κ2) is 7.43. The molecule has 6 nitrogen and oxygen atoms in total. The number of allylic oxidation sites excluding steroid dienone is 1. The first kappa shape index (κ1) is 18.6. The van der Waals surface area contributed by atoms with Crippen molar-refractivity contribution in [2.75, 3.05) is 46.8 Å². The number of amides is 1. The quantitative estimate of drug-likeness (QED) is 0.835. The summed E-state index contributed by atoms with van der Waals surface area (Å²) in [6, 6.07) is 0.946. The maximum absolute atomic E-state index is 13.0. The Hall–Kier alpha value is -1.44. The Bertz CT molecular complexity index is 780. The summed E-state index contributed by atoms with van der Waals surface area (Å²) in [6.45, 7) is 5.65. The maximum atomic E-state index is 13.0. The third-order valence-electron chi connectivity index (χ3n) is 7.23. The van der Waals surface area contributed by atoms with Crippen molar-refractivity contribution in [3.8, 4) is 0 Å². The molecule has 6 rings (SSSR count). The van der Waals surface area contributed by atoms with Crippen LogP contribution >= 0.6 is 11.5 Å². The summed E-state index contributed by atoms with van der Waals surface area (Å²) in [5.41, 5.74) is 3.26. The average molecular weight is 402 g/mol. The Morgan fingerprint density at radius 2 is 2.00 bits per heavy atom. The molecule has 5 aliphatic rings. The standard InChI is InChI=1S/C21H31N5OS/c1-24(2)16-7-10-26(12-16)15-3-4-17-19(11-15)28-23-20(17)21(27)22-18-13-25-8-5-14(18)6-9-25/h11,14,16,18H,3-10,12-13H2,1-2H3,(H,22,27)/t16-,18-/m0/s1. The van der Waals surface area contributed by atoms with Gasteiger partial charge in [-0.05, 0) is 82.8 Å². The Morgan fingerprint density at radius 1 is 1.18 bits per heavy atom. The van der Waals surface area contributed by atoms with Gasteiger partial charge in [-0.15, -0.1) is 0 Å². The summed E-state index contributed by atoms with van der Waals surface area (Å²) < 4.78 is 4.57. The molecule has 0 aromatic carbocycles. The molecule has 152 valence electrons. The molecule has 0 saturated carbocycles. The van der Waals surface area contributed by atoms with Crippen molar-refractivity contribution in [3.63, 3.8) is 0 Å². The number of nitrogens with one attached hydrogen (secondary N) is 1. The number of nitrogens with zero attached hydrogens (tertiary/aromatic N) is 4. The largest absolute Gasteiger partial charge is 0.373 e. The van der Waals surface area contributed by atoms with Crippen LogP contribution in [0, 0.1) is 5.92 Å². The van der Waals surface area contributed by atoms with Crippen molar-refractivity contribution in [1.29, 1.82) is 0 Å². The number of hydrogen-bond acceptors (Lipinski definition) is 6. The van der Waals surface area contributed by atoms with E-state index in [1.54, 1.807) is 0 Å². The molecule has 7 heteroatoms. The zero-order valence-electron chi connectivity index (χ0n) is 17.0. The van der Waals surface area contributed by atoms with Crippen molar-refractivity contribution in [3.05, 3.63) is 21.8 Å². The first-order chi connectivity index (χ1) is 13.6. The van der Waals surface area contributed by atoms with Crippen LogP contribution in [0.15, 0.2) is 5.70 Å². The van der Waals surface area contributed by atoms with E-state index in [2.05, 4.69) is 44.6 Å². The van der Waals surface area contributed by atoms with Crippen LogP contribution in [0.25, 0.3) is 6.08 Å². The van der Waals surface area contributed by atoms with Gasteiger partial charge in [0.15, 0.2) is 0 Å². The van der Waals surface area contributed by atoms with Crippen LogP contribution in [0.5, 0.6) is 0 Å². The highest BCUT2D eigenvalue weighted by Crippen LogP contribution is 2.33. The molecule has 1 aromatic rings. The van der Waals surface area contributed by atoms with Gasteiger partial charge >= 0.3 is 0 Å². The zero-order chi connectivity index (χ0) is 19.3. The third kappa shape index (κ3) is 3.37. The van der Waals surface area contributed by atoms with Crippen LogP contribution in [-0.4, -0.2) is 83.9 Å². The zero-order valence-corrected chi connectivity index (χ0v) is 17.8. The van der Waals surface area contributed by atoms with Crippen LogP contribution < -0.4 is 5.32 Å². The SMILES string of the molecule is CN(C)[C@H]1CCN(C2=Cc3snc(C(=O)N[C@H]4CN5CCC4CC5)c3CC2)C1. The van der Waals surface area contributed by atoms with E-state index in [-0.39, 0.29) is 5.91 Å². The second-order valence-corrected chi connectivity index (χ2v) is 9.88. The molecular formula is C21H31N5OS. The molecule has 1 aliphatic carbocycles. The molecular weight excluding hydrogens is 370 g/mol. The highest BCUT2D eigenvalue weighted by atomic mass is 32.1. The highest BCUT2D eigenvalue weighted by molar-refractivity contribution is 7.07. The van der Waals surface area contributed by atoms with Gasteiger partial charge in [-0.2, -0.15) is 4.37 Å². The fourth-order valence-electron chi connectivity index (χ4n) is 5.37. The van der Waals surface area contributed by atoms with Gasteiger partial charge in [0.2, 0.25) is 0 Å². The molecule has 1 N–H and O–H groups in total. The van der Waals surface area contributed by atoms with E-state index in [0.717, 1.165) is 38.0 Å². The van der Waals surface area contributed by atoms with E-state index >= 15 is 0 Å². The summed E-state index contributed by atoms with van der Waals surface area (Å²) in [5, 5.41) is 3.31. The lowest BCUT2D eigenvalue weighted by Crippen LogP contribution is -2.57. The molecule has 28 heavy (non-hydrogen) atoms. The minimum Gasteiger partial charge on any atom is -0.373 e. The van der Waals surface area contributed by atoms with E-state index in [4.69, 9.17) is 0 Å². The fourth-order valence-corrected chi connectivity index (χ4v) is 6.25. The summed E-state index contributed by atoms with van der Waals surface area (Å²) in [7, 11) is 4.34. The predicted octanol–water partition coefficient (Wildman–Crippen LogP) is 1.89. The summed E-state index contributed by atoms with van der Waals surface area (Å²) in [5.74, 6) is 0.691. The maximum Gasteiger partial charge on any atom is 0.271 e. The van der Waals surface area contributed by atoms with Crippen molar-refractivity contribution < 1.29 is 4.79 Å². The number of piperidine rings is 3.